The molecular weight excluding hydrogens is 356 g/mol. The van der Waals surface area contributed by atoms with Crippen molar-refractivity contribution >= 4 is 23.9 Å². The van der Waals surface area contributed by atoms with E-state index in [-0.39, 0.29) is 11.3 Å². The van der Waals surface area contributed by atoms with Gasteiger partial charge in [-0.3, -0.25) is 9.59 Å². The second kappa shape index (κ2) is 9.13. The Bertz CT molecular complexity index is 697. The first-order valence-corrected chi connectivity index (χ1v) is 8.22. The Morgan fingerprint density at radius 1 is 1.07 bits per heavy atom. The predicted octanol–water partition coefficient (Wildman–Crippen LogP) is 1.11. The van der Waals surface area contributed by atoms with E-state index in [1.54, 1.807) is 30.3 Å². The third-order valence-corrected chi connectivity index (χ3v) is 3.56. The SMILES string of the molecule is CC(C)(C)OC(=O)N(C(=O)CN)[C@H](C(=O)O)C(Cc1ccccc1)C(=O)O. The average molecular weight is 380 g/mol. The molecule has 0 saturated carbocycles. The summed E-state index contributed by atoms with van der Waals surface area (Å²) in [6, 6.07) is 6.32. The highest BCUT2D eigenvalue weighted by atomic mass is 16.6. The smallest absolute Gasteiger partial charge is 0.417 e. The van der Waals surface area contributed by atoms with E-state index in [2.05, 4.69) is 0 Å². The fourth-order valence-corrected chi connectivity index (χ4v) is 2.44. The molecule has 0 spiro atoms. The monoisotopic (exact) mass is 380 g/mol. The topological polar surface area (TPSA) is 147 Å². The maximum Gasteiger partial charge on any atom is 0.417 e. The van der Waals surface area contributed by atoms with Gasteiger partial charge < -0.3 is 20.7 Å². The van der Waals surface area contributed by atoms with Crippen molar-refractivity contribution in [2.24, 2.45) is 11.7 Å². The maximum atomic E-state index is 12.5. The van der Waals surface area contributed by atoms with Gasteiger partial charge in [0.1, 0.15) is 5.60 Å². The number of carbonyl (C=O) groups excluding carboxylic acids is 2. The number of aliphatic carboxylic acids is 2. The molecule has 0 heterocycles. The van der Waals surface area contributed by atoms with Gasteiger partial charge >= 0.3 is 18.0 Å². The lowest BCUT2D eigenvalue weighted by molar-refractivity contribution is -0.158. The molecule has 2 atom stereocenters. The summed E-state index contributed by atoms with van der Waals surface area (Å²) in [4.78, 5) is 48.6. The van der Waals surface area contributed by atoms with E-state index in [4.69, 9.17) is 10.5 Å². The van der Waals surface area contributed by atoms with Crippen LogP contribution in [0.15, 0.2) is 30.3 Å². The van der Waals surface area contributed by atoms with Gasteiger partial charge in [-0.1, -0.05) is 30.3 Å². The zero-order chi connectivity index (χ0) is 20.8. The van der Waals surface area contributed by atoms with Crippen LogP contribution in [0.2, 0.25) is 0 Å². The van der Waals surface area contributed by atoms with Crippen LogP contribution in [0.3, 0.4) is 0 Å². The predicted molar refractivity (Wildman–Crippen MR) is 94.8 cm³/mol. The number of ether oxygens (including phenoxy) is 1. The van der Waals surface area contributed by atoms with Crippen molar-refractivity contribution in [3.05, 3.63) is 35.9 Å². The number of carbonyl (C=O) groups is 4. The molecule has 0 aliphatic carbocycles. The number of hydrogen-bond donors (Lipinski definition) is 3. The van der Waals surface area contributed by atoms with Crippen molar-refractivity contribution in [2.45, 2.75) is 38.8 Å². The number of hydrogen-bond acceptors (Lipinski definition) is 6. The van der Waals surface area contributed by atoms with Crippen LogP contribution in [0.25, 0.3) is 0 Å². The summed E-state index contributed by atoms with van der Waals surface area (Å²) in [6.07, 6.45) is -1.46. The number of amides is 2. The van der Waals surface area contributed by atoms with E-state index in [9.17, 15) is 29.4 Å². The lowest BCUT2D eigenvalue weighted by Crippen LogP contribution is -2.57. The van der Waals surface area contributed by atoms with Crippen molar-refractivity contribution in [2.75, 3.05) is 6.54 Å². The molecule has 1 aromatic rings. The van der Waals surface area contributed by atoms with E-state index in [1.165, 1.54) is 20.8 Å². The van der Waals surface area contributed by atoms with Crippen molar-refractivity contribution in [1.29, 1.82) is 0 Å². The number of nitrogens with zero attached hydrogens (tertiary/aromatic N) is 1. The summed E-state index contributed by atoms with van der Waals surface area (Å²) < 4.78 is 5.09. The second-order valence-electron chi connectivity index (χ2n) is 6.87. The zero-order valence-corrected chi connectivity index (χ0v) is 15.4. The number of carboxylic acids is 2. The van der Waals surface area contributed by atoms with Crippen LogP contribution in [-0.4, -0.2) is 57.2 Å². The van der Waals surface area contributed by atoms with Crippen LogP contribution in [0.4, 0.5) is 4.79 Å². The lowest BCUT2D eigenvalue weighted by atomic mass is 9.91. The Kier molecular flexibility index (Phi) is 7.47. The number of carboxylic acid groups (broad SMARTS) is 2. The van der Waals surface area contributed by atoms with Crippen molar-refractivity contribution < 1.29 is 34.1 Å². The molecule has 1 unspecified atom stereocenters. The molecule has 0 aliphatic heterocycles. The largest absolute Gasteiger partial charge is 0.481 e. The molecule has 0 bridgehead atoms. The van der Waals surface area contributed by atoms with Gasteiger partial charge in [-0.2, -0.15) is 0 Å². The molecule has 1 aromatic carbocycles. The standard InChI is InChI=1S/C18H24N2O7/c1-18(2,3)27-17(26)20(13(21)10-19)14(16(24)25)12(15(22)23)9-11-7-5-4-6-8-11/h4-8,12,14H,9-10,19H2,1-3H3,(H,22,23)(H,24,25)/t12?,14-/m0/s1. The van der Waals surface area contributed by atoms with Gasteiger partial charge in [0.15, 0.2) is 6.04 Å². The number of rotatable bonds is 7. The molecule has 1 rings (SSSR count). The molecule has 0 radical (unpaired) electrons. The van der Waals surface area contributed by atoms with E-state index in [0.29, 0.717) is 5.56 Å². The molecule has 0 saturated heterocycles. The van der Waals surface area contributed by atoms with Crippen LogP contribution >= 0.6 is 0 Å². The molecule has 9 nitrogen and oxygen atoms in total. The quantitative estimate of drug-likeness (QED) is 0.637. The highest BCUT2D eigenvalue weighted by Crippen LogP contribution is 2.21. The van der Waals surface area contributed by atoms with Gasteiger partial charge in [0.2, 0.25) is 5.91 Å². The molecule has 2 amide bonds. The van der Waals surface area contributed by atoms with Crippen LogP contribution in [0.1, 0.15) is 26.3 Å². The van der Waals surface area contributed by atoms with Crippen LogP contribution in [0.5, 0.6) is 0 Å². The Morgan fingerprint density at radius 2 is 1.63 bits per heavy atom. The summed E-state index contributed by atoms with van der Waals surface area (Å²) >= 11 is 0. The fourth-order valence-electron chi connectivity index (χ4n) is 2.44. The molecule has 27 heavy (non-hydrogen) atoms. The Morgan fingerprint density at radius 3 is 2.04 bits per heavy atom. The molecule has 0 aliphatic rings. The van der Waals surface area contributed by atoms with Crippen molar-refractivity contribution in [1.82, 2.24) is 4.90 Å². The van der Waals surface area contributed by atoms with Gasteiger partial charge in [0.05, 0.1) is 12.5 Å². The Hall–Kier alpha value is -2.94. The summed E-state index contributed by atoms with van der Waals surface area (Å²) in [5.41, 5.74) is 4.82. The minimum Gasteiger partial charge on any atom is -0.481 e. The van der Waals surface area contributed by atoms with Gasteiger partial charge in [-0.05, 0) is 32.8 Å². The normalized spacial score (nSPS) is 13.3. The minimum atomic E-state index is -1.98. The van der Waals surface area contributed by atoms with E-state index in [0.717, 1.165) is 0 Å². The first kappa shape index (κ1) is 22.1. The summed E-state index contributed by atoms with van der Waals surface area (Å²) in [5, 5.41) is 19.2. The van der Waals surface area contributed by atoms with Gasteiger partial charge in [-0.15, -0.1) is 0 Å². The number of benzene rings is 1. The maximum absolute atomic E-state index is 12.5. The molecular formula is C18H24N2O7. The number of nitrogens with two attached hydrogens (primary N) is 1. The summed E-state index contributed by atoms with van der Waals surface area (Å²) in [7, 11) is 0. The summed E-state index contributed by atoms with van der Waals surface area (Å²) in [6.45, 7) is 3.92. The lowest BCUT2D eigenvalue weighted by Gasteiger charge is -2.32. The first-order chi connectivity index (χ1) is 12.5. The van der Waals surface area contributed by atoms with Crippen LogP contribution in [-0.2, 0) is 25.5 Å². The van der Waals surface area contributed by atoms with Crippen LogP contribution in [0, 0.1) is 5.92 Å². The van der Waals surface area contributed by atoms with Crippen molar-refractivity contribution in [3.8, 4) is 0 Å². The minimum absolute atomic E-state index is 0.204. The Balaban J connectivity index is 3.35. The molecule has 9 heteroatoms. The van der Waals surface area contributed by atoms with E-state index >= 15 is 0 Å². The van der Waals surface area contributed by atoms with Crippen molar-refractivity contribution in [3.63, 3.8) is 0 Å². The van der Waals surface area contributed by atoms with E-state index in [1.807, 2.05) is 0 Å². The molecule has 148 valence electrons. The highest BCUT2D eigenvalue weighted by molar-refractivity contribution is 5.99. The van der Waals surface area contributed by atoms with Crippen LogP contribution < -0.4 is 5.73 Å². The van der Waals surface area contributed by atoms with Gasteiger partial charge in [-0.25, -0.2) is 14.5 Å². The first-order valence-electron chi connectivity index (χ1n) is 8.22. The third kappa shape index (κ3) is 6.37. The second-order valence-corrected chi connectivity index (χ2v) is 6.87. The zero-order valence-electron chi connectivity index (χ0n) is 15.4. The average Bonchev–Trinajstić information content (AvgIpc) is 2.56. The molecule has 0 fully saturated rings. The van der Waals surface area contributed by atoms with E-state index < -0.39 is 48.0 Å². The van der Waals surface area contributed by atoms with Gasteiger partial charge in [0.25, 0.3) is 0 Å². The fraction of sp³-hybridized carbons (Fsp3) is 0.444. The van der Waals surface area contributed by atoms with Gasteiger partial charge in [0, 0.05) is 0 Å². The third-order valence-electron chi connectivity index (χ3n) is 3.56. The number of imide groups is 1. The molecule has 4 N–H and O–H groups in total. The summed E-state index contributed by atoms with van der Waals surface area (Å²) in [5.74, 6) is -5.75. The molecule has 0 aromatic heterocycles. The highest BCUT2D eigenvalue weighted by Gasteiger charge is 2.45. The Labute approximate surface area is 156 Å².